The van der Waals surface area contributed by atoms with Crippen LogP contribution in [0.2, 0.25) is 5.02 Å². The van der Waals surface area contributed by atoms with Crippen LogP contribution in [-0.2, 0) is 17.5 Å². The van der Waals surface area contributed by atoms with Crippen LogP contribution in [0.15, 0.2) is 42.5 Å². The minimum absolute atomic E-state index is 0.0629. The Morgan fingerprint density at radius 2 is 1.76 bits per heavy atom. The van der Waals surface area contributed by atoms with Crippen molar-refractivity contribution in [2.75, 3.05) is 36.5 Å². The van der Waals surface area contributed by atoms with Crippen LogP contribution in [-0.4, -0.2) is 26.3 Å². The third-order valence-electron chi connectivity index (χ3n) is 4.11. The Hall–Kier alpha value is -1.92. The quantitative estimate of drug-likeness (QED) is 0.836. The molecule has 1 saturated heterocycles. The van der Waals surface area contributed by atoms with Crippen LogP contribution < -0.4 is 10.2 Å². The van der Waals surface area contributed by atoms with E-state index < -0.39 is 11.7 Å². The lowest BCUT2D eigenvalue weighted by Gasteiger charge is -2.31. The molecule has 1 aliphatic heterocycles. The molecule has 3 rings (SSSR count). The van der Waals surface area contributed by atoms with Crippen molar-refractivity contribution >= 4 is 23.0 Å². The van der Waals surface area contributed by atoms with Crippen molar-refractivity contribution in [3.63, 3.8) is 0 Å². The first-order valence-electron chi connectivity index (χ1n) is 7.97. The van der Waals surface area contributed by atoms with E-state index in [4.69, 9.17) is 16.3 Å². The molecule has 0 radical (unpaired) electrons. The molecular formula is C18H18ClF3N2O. The third-order valence-corrected chi connectivity index (χ3v) is 4.41. The van der Waals surface area contributed by atoms with Crippen molar-refractivity contribution in [1.82, 2.24) is 0 Å². The number of halogens is 4. The number of alkyl halides is 3. The van der Waals surface area contributed by atoms with Crippen LogP contribution in [0.4, 0.5) is 24.5 Å². The Morgan fingerprint density at radius 1 is 1.04 bits per heavy atom. The number of nitrogens with one attached hydrogen (secondary N) is 1. The zero-order valence-corrected chi connectivity index (χ0v) is 14.2. The molecule has 25 heavy (non-hydrogen) atoms. The standard InChI is InChI=1S/C18H18ClF3N2O/c19-15-6-3-7-16(17(15)24-8-10-25-11-9-24)23-12-13-4-1-2-5-14(13)18(20,21)22/h1-7,23H,8-12H2. The lowest BCUT2D eigenvalue weighted by Crippen LogP contribution is -2.36. The summed E-state index contributed by atoms with van der Waals surface area (Å²) in [5.74, 6) is 0. The molecule has 0 saturated carbocycles. The summed E-state index contributed by atoms with van der Waals surface area (Å²) in [5, 5.41) is 3.68. The van der Waals surface area contributed by atoms with Gasteiger partial charge in [0.2, 0.25) is 0 Å². The molecule has 0 aromatic heterocycles. The summed E-state index contributed by atoms with van der Waals surface area (Å²) >= 11 is 6.35. The lowest BCUT2D eigenvalue weighted by molar-refractivity contribution is -0.138. The average Bonchev–Trinajstić information content (AvgIpc) is 2.60. The Bertz CT molecular complexity index is 731. The number of nitrogens with zero attached hydrogens (tertiary/aromatic N) is 1. The van der Waals surface area contributed by atoms with E-state index >= 15 is 0 Å². The van der Waals surface area contributed by atoms with Gasteiger partial charge in [0, 0.05) is 19.6 Å². The topological polar surface area (TPSA) is 24.5 Å². The molecule has 1 aliphatic rings. The summed E-state index contributed by atoms with van der Waals surface area (Å²) in [6, 6.07) is 11.0. The van der Waals surface area contributed by atoms with Crippen molar-refractivity contribution in [2.45, 2.75) is 12.7 Å². The van der Waals surface area contributed by atoms with Gasteiger partial charge in [-0.1, -0.05) is 35.9 Å². The van der Waals surface area contributed by atoms with Gasteiger partial charge in [-0.2, -0.15) is 13.2 Å². The first-order chi connectivity index (χ1) is 12.0. The van der Waals surface area contributed by atoms with E-state index in [2.05, 4.69) is 10.2 Å². The molecule has 3 nitrogen and oxygen atoms in total. The summed E-state index contributed by atoms with van der Waals surface area (Å²) in [5.41, 5.74) is 1.09. The summed E-state index contributed by atoms with van der Waals surface area (Å²) in [6.45, 7) is 2.64. The first-order valence-corrected chi connectivity index (χ1v) is 8.35. The van der Waals surface area contributed by atoms with E-state index in [1.165, 1.54) is 12.1 Å². The molecule has 0 amide bonds. The molecule has 0 spiro atoms. The Morgan fingerprint density at radius 3 is 2.48 bits per heavy atom. The van der Waals surface area contributed by atoms with Crippen molar-refractivity contribution in [1.29, 1.82) is 0 Å². The fraction of sp³-hybridized carbons (Fsp3) is 0.333. The Balaban J connectivity index is 1.84. The van der Waals surface area contributed by atoms with Gasteiger partial charge in [-0.25, -0.2) is 0 Å². The first kappa shape index (κ1) is 17.9. The number of morpholine rings is 1. The molecule has 7 heteroatoms. The molecule has 1 heterocycles. The molecule has 0 unspecified atom stereocenters. The van der Waals surface area contributed by atoms with Gasteiger partial charge in [0.25, 0.3) is 0 Å². The van der Waals surface area contributed by atoms with Gasteiger partial charge in [0.15, 0.2) is 0 Å². The van der Waals surface area contributed by atoms with E-state index in [0.717, 1.165) is 11.8 Å². The van der Waals surface area contributed by atoms with Crippen LogP contribution in [0.1, 0.15) is 11.1 Å². The average molecular weight is 371 g/mol. The molecular weight excluding hydrogens is 353 g/mol. The van der Waals surface area contributed by atoms with Gasteiger partial charge in [0.1, 0.15) is 0 Å². The van der Waals surface area contributed by atoms with Crippen LogP contribution in [0.3, 0.4) is 0 Å². The van der Waals surface area contributed by atoms with Crippen molar-refractivity contribution < 1.29 is 17.9 Å². The fourth-order valence-corrected chi connectivity index (χ4v) is 3.20. The van der Waals surface area contributed by atoms with Crippen molar-refractivity contribution in [3.05, 3.63) is 58.6 Å². The molecule has 0 bridgehead atoms. The summed E-state index contributed by atoms with van der Waals surface area (Å²) in [7, 11) is 0. The molecule has 2 aromatic rings. The van der Waals surface area contributed by atoms with E-state index in [1.54, 1.807) is 18.2 Å². The highest BCUT2D eigenvalue weighted by molar-refractivity contribution is 6.34. The maximum absolute atomic E-state index is 13.1. The second kappa shape index (κ2) is 7.54. The Labute approximate surface area is 149 Å². The van der Waals surface area contributed by atoms with Crippen LogP contribution >= 0.6 is 11.6 Å². The van der Waals surface area contributed by atoms with E-state index in [9.17, 15) is 13.2 Å². The smallest absolute Gasteiger partial charge is 0.379 e. The predicted molar refractivity (Wildman–Crippen MR) is 93.3 cm³/mol. The van der Waals surface area contributed by atoms with Crippen molar-refractivity contribution in [2.24, 2.45) is 0 Å². The monoisotopic (exact) mass is 370 g/mol. The van der Waals surface area contributed by atoms with Crippen LogP contribution in [0, 0.1) is 0 Å². The van der Waals surface area contributed by atoms with Crippen molar-refractivity contribution in [3.8, 4) is 0 Å². The minimum atomic E-state index is -4.38. The number of anilines is 2. The predicted octanol–water partition coefficient (Wildman–Crippen LogP) is 4.81. The molecule has 0 atom stereocenters. The molecule has 0 aliphatic carbocycles. The number of para-hydroxylation sites is 1. The maximum atomic E-state index is 13.1. The molecule has 2 aromatic carbocycles. The SMILES string of the molecule is FC(F)(F)c1ccccc1CNc1cccc(Cl)c1N1CCOCC1. The Kier molecular flexibility index (Phi) is 5.39. The number of hydrogen-bond donors (Lipinski definition) is 1. The van der Waals surface area contributed by atoms with E-state index in [0.29, 0.717) is 37.0 Å². The fourth-order valence-electron chi connectivity index (χ4n) is 2.91. The number of benzene rings is 2. The zero-order valence-electron chi connectivity index (χ0n) is 13.4. The van der Waals surface area contributed by atoms with Gasteiger partial charge < -0.3 is 15.0 Å². The number of ether oxygens (including phenoxy) is 1. The maximum Gasteiger partial charge on any atom is 0.416 e. The van der Waals surface area contributed by atoms with E-state index in [1.807, 2.05) is 6.07 Å². The number of rotatable bonds is 4. The minimum Gasteiger partial charge on any atom is -0.379 e. The normalized spacial score (nSPS) is 15.3. The zero-order chi connectivity index (χ0) is 17.9. The largest absolute Gasteiger partial charge is 0.416 e. The summed E-state index contributed by atoms with van der Waals surface area (Å²) in [4.78, 5) is 2.09. The number of hydrogen-bond acceptors (Lipinski definition) is 3. The summed E-state index contributed by atoms with van der Waals surface area (Å²) < 4.78 is 44.8. The highest BCUT2D eigenvalue weighted by Gasteiger charge is 2.32. The molecule has 1 fully saturated rings. The highest BCUT2D eigenvalue weighted by atomic mass is 35.5. The highest BCUT2D eigenvalue weighted by Crippen LogP contribution is 2.36. The van der Waals surface area contributed by atoms with Gasteiger partial charge >= 0.3 is 6.18 Å². The van der Waals surface area contributed by atoms with Gasteiger partial charge in [-0.3, -0.25) is 0 Å². The molecule has 134 valence electrons. The van der Waals surface area contributed by atoms with Gasteiger partial charge in [0.05, 0.1) is 35.2 Å². The molecule has 1 N–H and O–H groups in total. The van der Waals surface area contributed by atoms with Crippen LogP contribution in [0.25, 0.3) is 0 Å². The lowest BCUT2D eigenvalue weighted by atomic mass is 10.1. The van der Waals surface area contributed by atoms with Crippen LogP contribution in [0.5, 0.6) is 0 Å². The second-order valence-electron chi connectivity index (χ2n) is 5.74. The van der Waals surface area contributed by atoms with Gasteiger partial charge in [-0.05, 0) is 23.8 Å². The van der Waals surface area contributed by atoms with Gasteiger partial charge in [-0.15, -0.1) is 0 Å². The van der Waals surface area contributed by atoms with E-state index in [-0.39, 0.29) is 12.1 Å². The third kappa shape index (κ3) is 4.19. The second-order valence-corrected chi connectivity index (χ2v) is 6.15. The summed E-state index contributed by atoms with van der Waals surface area (Å²) in [6.07, 6.45) is -4.38.